The van der Waals surface area contributed by atoms with E-state index in [-0.39, 0.29) is 6.04 Å². The third kappa shape index (κ3) is 4.00. The molecule has 0 aliphatic heterocycles. The SMILES string of the molecule is CCNC(C#N)c1ccc(OCc2ccccc2)c(OC)c1. The molecule has 0 amide bonds. The van der Waals surface area contributed by atoms with E-state index in [9.17, 15) is 5.26 Å². The van der Waals surface area contributed by atoms with Crippen LogP contribution in [0.15, 0.2) is 48.5 Å². The van der Waals surface area contributed by atoms with Crippen LogP contribution in [-0.4, -0.2) is 13.7 Å². The zero-order chi connectivity index (χ0) is 15.8. The van der Waals surface area contributed by atoms with Gasteiger partial charge in [-0.25, -0.2) is 0 Å². The minimum Gasteiger partial charge on any atom is -0.493 e. The average molecular weight is 296 g/mol. The van der Waals surface area contributed by atoms with Gasteiger partial charge in [0.2, 0.25) is 0 Å². The molecule has 0 aliphatic carbocycles. The number of ether oxygens (including phenoxy) is 2. The van der Waals surface area contributed by atoms with E-state index >= 15 is 0 Å². The molecule has 1 N–H and O–H groups in total. The van der Waals surface area contributed by atoms with Gasteiger partial charge in [-0.3, -0.25) is 5.32 Å². The molecule has 4 heteroatoms. The zero-order valence-electron chi connectivity index (χ0n) is 12.9. The zero-order valence-corrected chi connectivity index (χ0v) is 12.9. The van der Waals surface area contributed by atoms with Crippen molar-refractivity contribution in [1.29, 1.82) is 5.26 Å². The maximum Gasteiger partial charge on any atom is 0.161 e. The Morgan fingerprint density at radius 1 is 1.14 bits per heavy atom. The van der Waals surface area contributed by atoms with E-state index in [1.165, 1.54) is 0 Å². The number of benzene rings is 2. The Hall–Kier alpha value is -2.51. The summed E-state index contributed by atoms with van der Waals surface area (Å²) < 4.78 is 11.2. The van der Waals surface area contributed by atoms with Crippen LogP contribution in [0.1, 0.15) is 24.1 Å². The lowest BCUT2D eigenvalue weighted by atomic mass is 10.1. The second-order valence-electron chi connectivity index (χ2n) is 4.80. The highest BCUT2D eigenvalue weighted by Crippen LogP contribution is 2.30. The molecule has 0 spiro atoms. The summed E-state index contributed by atoms with van der Waals surface area (Å²) in [6, 6.07) is 17.4. The summed E-state index contributed by atoms with van der Waals surface area (Å²) in [6.07, 6.45) is 0. The minimum absolute atomic E-state index is 0.345. The van der Waals surface area contributed by atoms with Crippen LogP contribution in [0.4, 0.5) is 0 Å². The maximum absolute atomic E-state index is 9.21. The van der Waals surface area contributed by atoms with Crippen molar-refractivity contribution in [2.24, 2.45) is 0 Å². The first-order chi connectivity index (χ1) is 10.8. The number of nitrogens with zero attached hydrogens (tertiary/aromatic N) is 1. The van der Waals surface area contributed by atoms with Crippen molar-refractivity contribution < 1.29 is 9.47 Å². The monoisotopic (exact) mass is 296 g/mol. The summed E-state index contributed by atoms with van der Waals surface area (Å²) >= 11 is 0. The summed E-state index contributed by atoms with van der Waals surface area (Å²) in [5.74, 6) is 1.30. The van der Waals surface area contributed by atoms with E-state index in [0.29, 0.717) is 18.1 Å². The van der Waals surface area contributed by atoms with Crippen LogP contribution in [0.25, 0.3) is 0 Å². The quantitative estimate of drug-likeness (QED) is 0.850. The number of methoxy groups -OCH3 is 1. The van der Waals surface area contributed by atoms with Gasteiger partial charge in [-0.1, -0.05) is 43.3 Å². The molecule has 0 radical (unpaired) electrons. The van der Waals surface area contributed by atoms with Crippen LogP contribution in [-0.2, 0) is 6.61 Å². The predicted molar refractivity (Wildman–Crippen MR) is 85.8 cm³/mol. The summed E-state index contributed by atoms with van der Waals surface area (Å²) in [5.41, 5.74) is 1.96. The van der Waals surface area contributed by atoms with Gasteiger partial charge in [-0.15, -0.1) is 0 Å². The summed E-state index contributed by atoms with van der Waals surface area (Å²) in [4.78, 5) is 0. The van der Waals surface area contributed by atoms with E-state index in [4.69, 9.17) is 9.47 Å². The first-order valence-electron chi connectivity index (χ1n) is 7.26. The third-order valence-electron chi connectivity index (χ3n) is 3.30. The summed E-state index contributed by atoms with van der Waals surface area (Å²) in [6.45, 7) is 3.18. The fraction of sp³-hybridized carbons (Fsp3) is 0.278. The number of rotatable bonds is 7. The van der Waals surface area contributed by atoms with Gasteiger partial charge in [0.1, 0.15) is 12.6 Å². The van der Waals surface area contributed by atoms with Gasteiger partial charge in [-0.2, -0.15) is 5.26 Å². The van der Waals surface area contributed by atoms with Crippen LogP contribution in [0.5, 0.6) is 11.5 Å². The van der Waals surface area contributed by atoms with E-state index in [1.54, 1.807) is 7.11 Å². The molecule has 0 aliphatic rings. The van der Waals surface area contributed by atoms with E-state index in [1.807, 2.05) is 55.5 Å². The van der Waals surface area contributed by atoms with Crippen molar-refractivity contribution in [2.45, 2.75) is 19.6 Å². The molecule has 0 bridgehead atoms. The Kier molecular flexibility index (Phi) is 5.81. The highest BCUT2D eigenvalue weighted by atomic mass is 16.5. The standard InChI is InChI=1S/C18H20N2O2/c1-3-20-16(12-19)15-9-10-17(18(11-15)21-2)22-13-14-7-5-4-6-8-14/h4-11,16,20H,3,13H2,1-2H3. The molecule has 0 aromatic heterocycles. The van der Waals surface area contributed by atoms with Gasteiger partial charge in [0.05, 0.1) is 13.2 Å². The molecule has 22 heavy (non-hydrogen) atoms. The van der Waals surface area contributed by atoms with E-state index in [2.05, 4.69) is 11.4 Å². The van der Waals surface area contributed by atoms with Gasteiger partial charge >= 0.3 is 0 Å². The first kappa shape index (κ1) is 15.9. The lowest BCUT2D eigenvalue weighted by Crippen LogP contribution is -2.19. The molecule has 0 saturated heterocycles. The van der Waals surface area contributed by atoms with Crippen LogP contribution in [0, 0.1) is 11.3 Å². The Morgan fingerprint density at radius 3 is 2.55 bits per heavy atom. The van der Waals surface area contributed by atoms with Gasteiger partial charge < -0.3 is 9.47 Å². The molecule has 4 nitrogen and oxygen atoms in total. The molecule has 2 aromatic carbocycles. The van der Waals surface area contributed by atoms with Crippen LogP contribution in [0.2, 0.25) is 0 Å². The average Bonchev–Trinajstić information content (AvgIpc) is 2.58. The van der Waals surface area contributed by atoms with Gasteiger partial charge in [0.15, 0.2) is 11.5 Å². The van der Waals surface area contributed by atoms with Crippen molar-refractivity contribution in [2.75, 3.05) is 13.7 Å². The molecular formula is C18H20N2O2. The van der Waals surface area contributed by atoms with E-state index in [0.717, 1.165) is 17.7 Å². The normalized spacial score (nSPS) is 11.5. The predicted octanol–water partition coefficient (Wildman–Crippen LogP) is 3.45. The second-order valence-corrected chi connectivity index (χ2v) is 4.80. The third-order valence-corrected chi connectivity index (χ3v) is 3.30. The highest BCUT2D eigenvalue weighted by molar-refractivity contribution is 5.45. The van der Waals surface area contributed by atoms with Crippen molar-refractivity contribution >= 4 is 0 Å². The summed E-state index contributed by atoms with van der Waals surface area (Å²) in [7, 11) is 1.60. The Morgan fingerprint density at radius 2 is 1.91 bits per heavy atom. The summed E-state index contributed by atoms with van der Waals surface area (Å²) in [5, 5.41) is 12.3. The van der Waals surface area contributed by atoms with Crippen molar-refractivity contribution in [3.63, 3.8) is 0 Å². The minimum atomic E-state index is -0.345. The fourth-order valence-electron chi connectivity index (χ4n) is 2.16. The number of nitrogens with one attached hydrogen (secondary N) is 1. The van der Waals surface area contributed by atoms with Crippen LogP contribution < -0.4 is 14.8 Å². The molecule has 1 unspecified atom stereocenters. The van der Waals surface area contributed by atoms with Crippen LogP contribution >= 0.6 is 0 Å². The molecule has 114 valence electrons. The molecule has 0 heterocycles. The molecule has 0 fully saturated rings. The van der Waals surface area contributed by atoms with Gasteiger partial charge in [-0.05, 0) is 29.8 Å². The van der Waals surface area contributed by atoms with Crippen molar-refractivity contribution in [3.05, 3.63) is 59.7 Å². The lowest BCUT2D eigenvalue weighted by molar-refractivity contribution is 0.284. The molecule has 0 saturated carbocycles. The van der Waals surface area contributed by atoms with Crippen molar-refractivity contribution in [3.8, 4) is 17.6 Å². The Balaban J connectivity index is 2.14. The molecule has 1 atom stereocenters. The van der Waals surface area contributed by atoms with Crippen LogP contribution in [0.3, 0.4) is 0 Å². The van der Waals surface area contributed by atoms with Crippen molar-refractivity contribution in [1.82, 2.24) is 5.32 Å². The first-order valence-corrected chi connectivity index (χ1v) is 7.26. The Labute approximate surface area is 131 Å². The molecule has 2 aromatic rings. The van der Waals surface area contributed by atoms with E-state index < -0.39 is 0 Å². The fourth-order valence-corrected chi connectivity index (χ4v) is 2.16. The molecule has 2 rings (SSSR count). The second kappa shape index (κ2) is 8.06. The van der Waals surface area contributed by atoms with Gasteiger partial charge in [0, 0.05) is 0 Å². The highest BCUT2D eigenvalue weighted by Gasteiger charge is 2.13. The molecular weight excluding hydrogens is 276 g/mol. The lowest BCUT2D eigenvalue weighted by Gasteiger charge is -2.15. The van der Waals surface area contributed by atoms with Gasteiger partial charge in [0.25, 0.3) is 0 Å². The largest absolute Gasteiger partial charge is 0.493 e. The Bertz CT molecular complexity index is 635. The number of hydrogen-bond acceptors (Lipinski definition) is 4. The smallest absolute Gasteiger partial charge is 0.161 e. The number of nitriles is 1. The maximum atomic E-state index is 9.21. The topological polar surface area (TPSA) is 54.3 Å². The number of hydrogen-bond donors (Lipinski definition) is 1.